The monoisotopic (exact) mass is 454 g/mol. The Morgan fingerprint density at radius 3 is 2.76 bits per heavy atom. The average Bonchev–Trinajstić information content (AvgIpc) is 3.09. The van der Waals surface area contributed by atoms with Crippen LogP contribution in [0, 0.1) is 0 Å². The van der Waals surface area contributed by atoms with Crippen molar-refractivity contribution in [2.75, 3.05) is 26.0 Å². The molecule has 1 aromatic carbocycles. The number of hydrogen-bond acceptors (Lipinski definition) is 3. The Morgan fingerprint density at radius 1 is 1.24 bits per heavy atom. The number of nitrogens with one attached hydrogen (secondary N) is 1. The van der Waals surface area contributed by atoms with Crippen LogP contribution in [0.15, 0.2) is 46.0 Å². The number of nitrogens with two attached hydrogens (primary N) is 1. The highest BCUT2D eigenvalue weighted by molar-refractivity contribution is 14.0. The summed E-state index contributed by atoms with van der Waals surface area (Å²) in [7, 11) is 4.03. The van der Waals surface area contributed by atoms with Crippen LogP contribution < -0.4 is 11.1 Å². The third-order valence-electron chi connectivity index (χ3n) is 4.59. The molecule has 1 atom stereocenters. The van der Waals surface area contributed by atoms with Gasteiger partial charge in [0.1, 0.15) is 5.76 Å². The van der Waals surface area contributed by atoms with E-state index in [-0.39, 0.29) is 30.0 Å². The van der Waals surface area contributed by atoms with Crippen molar-refractivity contribution in [3.05, 3.63) is 53.5 Å². The van der Waals surface area contributed by atoms with Gasteiger partial charge in [-0.15, -0.1) is 24.0 Å². The van der Waals surface area contributed by atoms with Crippen LogP contribution in [0.3, 0.4) is 0 Å². The third kappa shape index (κ3) is 4.98. The first-order valence-electron chi connectivity index (χ1n) is 8.52. The molecule has 6 heteroatoms. The zero-order valence-electron chi connectivity index (χ0n) is 14.9. The first-order valence-corrected chi connectivity index (χ1v) is 8.52. The van der Waals surface area contributed by atoms with Crippen molar-refractivity contribution in [1.29, 1.82) is 0 Å². The average molecular weight is 454 g/mol. The van der Waals surface area contributed by atoms with E-state index in [9.17, 15) is 0 Å². The fourth-order valence-corrected chi connectivity index (χ4v) is 3.25. The Labute approximate surface area is 166 Å². The van der Waals surface area contributed by atoms with Crippen LogP contribution in [0.5, 0.6) is 0 Å². The smallest absolute Gasteiger partial charge is 0.193 e. The van der Waals surface area contributed by atoms with Crippen molar-refractivity contribution in [1.82, 2.24) is 4.90 Å². The number of aryl methyl sites for hydroxylation is 1. The van der Waals surface area contributed by atoms with Crippen LogP contribution >= 0.6 is 24.0 Å². The van der Waals surface area contributed by atoms with E-state index < -0.39 is 0 Å². The van der Waals surface area contributed by atoms with Crippen LogP contribution in [-0.2, 0) is 12.8 Å². The van der Waals surface area contributed by atoms with E-state index in [1.54, 1.807) is 6.26 Å². The number of furan rings is 1. The van der Waals surface area contributed by atoms with E-state index >= 15 is 0 Å². The van der Waals surface area contributed by atoms with Gasteiger partial charge in [0, 0.05) is 5.69 Å². The molecule has 0 aliphatic heterocycles. The van der Waals surface area contributed by atoms with E-state index in [1.807, 2.05) is 26.2 Å². The topological polar surface area (TPSA) is 66.8 Å². The van der Waals surface area contributed by atoms with Crippen LogP contribution in [0.25, 0.3) is 0 Å². The summed E-state index contributed by atoms with van der Waals surface area (Å²) < 4.78 is 5.51. The van der Waals surface area contributed by atoms with E-state index in [4.69, 9.17) is 10.2 Å². The molecule has 1 unspecified atom stereocenters. The highest BCUT2D eigenvalue weighted by Gasteiger charge is 2.17. The molecule has 0 spiro atoms. The summed E-state index contributed by atoms with van der Waals surface area (Å²) in [5.41, 5.74) is 10.0. The van der Waals surface area contributed by atoms with E-state index in [0.29, 0.717) is 12.5 Å². The van der Waals surface area contributed by atoms with Gasteiger partial charge in [0.2, 0.25) is 0 Å². The number of benzene rings is 1. The standard InChI is InChI=1S/C19H26N4O.HI/c1-23(2)17(18-11-6-12-24-18)13-21-19(20)22-16-10-5-8-14-7-3-4-9-15(14)16;/h5-6,8,10-12,17H,3-4,7,9,13H2,1-2H3,(H3,20,21,22);1H. The molecule has 0 radical (unpaired) electrons. The summed E-state index contributed by atoms with van der Waals surface area (Å²) in [6.45, 7) is 0.550. The van der Waals surface area contributed by atoms with E-state index in [1.165, 1.54) is 24.0 Å². The molecule has 1 heterocycles. The Balaban J connectivity index is 0.00000225. The van der Waals surface area contributed by atoms with Crippen molar-refractivity contribution < 1.29 is 4.42 Å². The number of nitrogens with zero attached hydrogens (tertiary/aromatic N) is 2. The molecule has 0 saturated heterocycles. The van der Waals surface area contributed by atoms with Crippen molar-refractivity contribution in [3.63, 3.8) is 0 Å². The third-order valence-corrected chi connectivity index (χ3v) is 4.59. The maximum absolute atomic E-state index is 6.13. The number of rotatable bonds is 5. The largest absolute Gasteiger partial charge is 0.468 e. The SMILES string of the molecule is CN(C)C(CN=C(N)Nc1cccc2c1CCCC2)c1ccco1.I. The minimum Gasteiger partial charge on any atom is -0.468 e. The van der Waals surface area contributed by atoms with Gasteiger partial charge in [0.05, 0.1) is 18.8 Å². The number of anilines is 1. The number of hydrogen-bond donors (Lipinski definition) is 2. The highest BCUT2D eigenvalue weighted by Crippen LogP contribution is 2.27. The fourth-order valence-electron chi connectivity index (χ4n) is 3.25. The molecule has 3 N–H and O–H groups in total. The maximum atomic E-state index is 6.13. The second-order valence-electron chi connectivity index (χ2n) is 6.50. The van der Waals surface area contributed by atoms with E-state index in [0.717, 1.165) is 24.3 Å². The number of likely N-dealkylation sites (N-methyl/N-ethyl adjacent to an activating group) is 1. The molecule has 0 fully saturated rings. The molecule has 0 saturated carbocycles. The summed E-state index contributed by atoms with van der Waals surface area (Å²) in [5, 5.41) is 3.29. The molecule has 5 nitrogen and oxygen atoms in total. The molecule has 3 rings (SSSR count). The van der Waals surface area contributed by atoms with Crippen LogP contribution in [0.2, 0.25) is 0 Å². The number of aliphatic imine (C=N–C) groups is 1. The van der Waals surface area contributed by atoms with Crippen molar-refractivity contribution in [2.24, 2.45) is 10.7 Å². The molecular weight excluding hydrogens is 427 g/mol. The lowest BCUT2D eigenvalue weighted by Gasteiger charge is -2.21. The van der Waals surface area contributed by atoms with Gasteiger partial charge >= 0.3 is 0 Å². The van der Waals surface area contributed by atoms with Crippen molar-refractivity contribution in [2.45, 2.75) is 31.7 Å². The van der Waals surface area contributed by atoms with Gasteiger partial charge in [-0.3, -0.25) is 9.89 Å². The minimum absolute atomic E-state index is 0. The van der Waals surface area contributed by atoms with Gasteiger partial charge in [-0.05, 0) is 69.1 Å². The highest BCUT2D eigenvalue weighted by atomic mass is 127. The zero-order valence-corrected chi connectivity index (χ0v) is 17.2. The Bertz CT molecular complexity index is 697. The first kappa shape index (κ1) is 19.8. The number of fused-ring (bicyclic) bond motifs is 1. The predicted molar refractivity (Wildman–Crippen MR) is 114 cm³/mol. The summed E-state index contributed by atoms with van der Waals surface area (Å²) in [6, 6.07) is 10.3. The normalized spacial score (nSPS) is 15.4. The van der Waals surface area contributed by atoms with Gasteiger partial charge in [-0.1, -0.05) is 12.1 Å². The predicted octanol–water partition coefficient (Wildman–Crippen LogP) is 3.81. The zero-order chi connectivity index (χ0) is 16.9. The lowest BCUT2D eigenvalue weighted by atomic mass is 9.90. The second-order valence-corrected chi connectivity index (χ2v) is 6.50. The Kier molecular flexibility index (Phi) is 7.31. The second kappa shape index (κ2) is 9.24. The molecule has 0 amide bonds. The lowest BCUT2D eigenvalue weighted by Crippen LogP contribution is -2.27. The van der Waals surface area contributed by atoms with Gasteiger partial charge in [-0.2, -0.15) is 0 Å². The Hall–Kier alpha value is -1.54. The van der Waals surface area contributed by atoms with Crippen LogP contribution in [0.4, 0.5) is 5.69 Å². The summed E-state index contributed by atoms with van der Waals surface area (Å²) >= 11 is 0. The van der Waals surface area contributed by atoms with Gasteiger partial charge in [0.25, 0.3) is 0 Å². The Morgan fingerprint density at radius 2 is 2.04 bits per heavy atom. The minimum atomic E-state index is 0. The fraction of sp³-hybridized carbons (Fsp3) is 0.421. The van der Waals surface area contributed by atoms with Crippen LogP contribution in [0.1, 0.15) is 35.8 Å². The molecular formula is C19H27IN4O. The van der Waals surface area contributed by atoms with Crippen LogP contribution in [-0.4, -0.2) is 31.5 Å². The van der Waals surface area contributed by atoms with Gasteiger partial charge < -0.3 is 15.5 Å². The van der Waals surface area contributed by atoms with Crippen molar-refractivity contribution >= 4 is 35.6 Å². The summed E-state index contributed by atoms with van der Waals surface area (Å²) in [6.07, 6.45) is 6.46. The molecule has 2 aromatic rings. The van der Waals surface area contributed by atoms with Gasteiger partial charge in [0.15, 0.2) is 5.96 Å². The quantitative estimate of drug-likeness (QED) is 0.410. The summed E-state index contributed by atoms with van der Waals surface area (Å²) in [5.74, 6) is 1.35. The molecule has 1 aliphatic rings. The lowest BCUT2D eigenvalue weighted by molar-refractivity contribution is 0.265. The van der Waals surface area contributed by atoms with E-state index in [2.05, 4.69) is 33.4 Å². The molecule has 25 heavy (non-hydrogen) atoms. The number of guanidine groups is 1. The number of halogens is 1. The maximum Gasteiger partial charge on any atom is 0.193 e. The molecule has 136 valence electrons. The summed E-state index contributed by atoms with van der Waals surface area (Å²) in [4.78, 5) is 6.61. The van der Waals surface area contributed by atoms with Crippen molar-refractivity contribution in [3.8, 4) is 0 Å². The first-order chi connectivity index (χ1) is 11.6. The molecule has 1 aromatic heterocycles. The molecule has 0 bridgehead atoms. The molecule has 1 aliphatic carbocycles. The van der Waals surface area contributed by atoms with Gasteiger partial charge in [-0.25, -0.2) is 0 Å².